The van der Waals surface area contributed by atoms with E-state index in [-0.39, 0.29) is 6.09 Å². The van der Waals surface area contributed by atoms with Crippen LogP contribution in [0.5, 0.6) is 5.75 Å². The molecule has 1 fully saturated rings. The number of carbonyl (C=O) groups is 1. The van der Waals surface area contributed by atoms with Crippen molar-refractivity contribution in [1.82, 2.24) is 9.88 Å². The van der Waals surface area contributed by atoms with Crippen molar-refractivity contribution in [3.05, 3.63) is 36.0 Å². The second-order valence-electron chi connectivity index (χ2n) is 8.66. The van der Waals surface area contributed by atoms with Crippen molar-refractivity contribution in [2.75, 3.05) is 20.2 Å². The first-order valence-electron chi connectivity index (χ1n) is 10.3. The van der Waals surface area contributed by atoms with E-state index in [0.717, 1.165) is 50.0 Å². The van der Waals surface area contributed by atoms with Gasteiger partial charge in [0.15, 0.2) is 0 Å². The highest BCUT2D eigenvalue weighted by Crippen LogP contribution is 2.27. The molecule has 2 heterocycles. The van der Waals surface area contributed by atoms with Gasteiger partial charge in [0, 0.05) is 24.7 Å². The first kappa shape index (κ1) is 20.4. The van der Waals surface area contributed by atoms with Crippen LogP contribution < -0.4 is 4.74 Å². The molecule has 0 unspecified atom stereocenters. The molecule has 3 rings (SSSR count). The monoisotopic (exact) mass is 384 g/mol. The molecule has 152 valence electrons. The minimum atomic E-state index is -0.427. The van der Waals surface area contributed by atoms with Crippen LogP contribution in [0.1, 0.15) is 52.0 Å². The first-order valence-corrected chi connectivity index (χ1v) is 10.3. The lowest BCUT2D eigenvalue weighted by molar-refractivity contribution is 0.0180. The van der Waals surface area contributed by atoms with Crippen LogP contribution in [-0.2, 0) is 11.2 Å². The molecule has 0 bridgehead atoms. The van der Waals surface area contributed by atoms with Gasteiger partial charge in [0.1, 0.15) is 11.4 Å². The standard InChI is InChI=1S/C23H32N2O3/c1-23(2,3)28-22(26)25-14-11-17(12-15-25)6-5-7-18-10-13-24-21-9-8-19(27-4)16-20(18)21/h8-10,13,16-17H,5-7,11-12,14-15H2,1-4H3. The van der Waals surface area contributed by atoms with Crippen molar-refractivity contribution >= 4 is 17.0 Å². The number of hydrogen-bond donors (Lipinski definition) is 0. The molecule has 0 atom stereocenters. The number of aromatic nitrogens is 1. The van der Waals surface area contributed by atoms with Gasteiger partial charge < -0.3 is 14.4 Å². The number of methoxy groups -OCH3 is 1. The lowest BCUT2D eigenvalue weighted by Crippen LogP contribution is -2.41. The lowest BCUT2D eigenvalue weighted by Gasteiger charge is -2.33. The fourth-order valence-corrected chi connectivity index (χ4v) is 3.84. The van der Waals surface area contributed by atoms with Crippen molar-refractivity contribution in [3.63, 3.8) is 0 Å². The van der Waals surface area contributed by atoms with Gasteiger partial charge in [-0.1, -0.05) is 0 Å². The Morgan fingerprint density at radius 3 is 2.64 bits per heavy atom. The van der Waals surface area contributed by atoms with Gasteiger partial charge in [0.25, 0.3) is 0 Å². The smallest absolute Gasteiger partial charge is 0.410 e. The maximum atomic E-state index is 12.2. The Kier molecular flexibility index (Phi) is 6.42. The van der Waals surface area contributed by atoms with Crippen LogP contribution in [0.25, 0.3) is 10.9 Å². The number of benzene rings is 1. The van der Waals surface area contributed by atoms with Crippen LogP contribution in [0.2, 0.25) is 0 Å². The topological polar surface area (TPSA) is 51.7 Å². The fraction of sp³-hybridized carbons (Fsp3) is 0.565. The maximum absolute atomic E-state index is 12.2. The van der Waals surface area contributed by atoms with Gasteiger partial charge in [-0.3, -0.25) is 4.98 Å². The third-order valence-corrected chi connectivity index (χ3v) is 5.36. The number of amides is 1. The summed E-state index contributed by atoms with van der Waals surface area (Å²) in [7, 11) is 1.70. The molecule has 0 saturated carbocycles. The van der Waals surface area contributed by atoms with Gasteiger partial charge in [0.2, 0.25) is 0 Å². The molecule has 1 aromatic carbocycles. The predicted molar refractivity (Wildman–Crippen MR) is 112 cm³/mol. The molecular formula is C23H32N2O3. The Morgan fingerprint density at radius 1 is 1.21 bits per heavy atom. The second-order valence-corrected chi connectivity index (χ2v) is 8.66. The van der Waals surface area contributed by atoms with Crippen LogP contribution in [0.15, 0.2) is 30.5 Å². The third-order valence-electron chi connectivity index (χ3n) is 5.36. The normalized spacial score (nSPS) is 15.6. The highest BCUT2D eigenvalue weighted by Gasteiger charge is 2.26. The Balaban J connectivity index is 1.49. The van der Waals surface area contributed by atoms with E-state index in [1.165, 1.54) is 17.4 Å². The Labute approximate surface area is 168 Å². The molecule has 1 aromatic heterocycles. The largest absolute Gasteiger partial charge is 0.497 e. The van der Waals surface area contributed by atoms with Gasteiger partial charge in [0.05, 0.1) is 12.6 Å². The molecule has 1 aliphatic rings. The van der Waals surface area contributed by atoms with E-state index in [1.807, 2.05) is 44.0 Å². The molecule has 0 N–H and O–H groups in total. The van der Waals surface area contributed by atoms with E-state index < -0.39 is 5.60 Å². The van der Waals surface area contributed by atoms with E-state index in [4.69, 9.17) is 9.47 Å². The van der Waals surface area contributed by atoms with Crippen LogP contribution in [0, 0.1) is 5.92 Å². The number of likely N-dealkylation sites (tertiary alicyclic amines) is 1. The van der Waals surface area contributed by atoms with E-state index in [0.29, 0.717) is 5.92 Å². The summed E-state index contributed by atoms with van der Waals surface area (Å²) in [5.74, 6) is 1.55. The highest BCUT2D eigenvalue weighted by atomic mass is 16.6. The second kappa shape index (κ2) is 8.80. The average Bonchev–Trinajstić information content (AvgIpc) is 2.67. The zero-order chi connectivity index (χ0) is 20.1. The number of pyridine rings is 1. The fourth-order valence-electron chi connectivity index (χ4n) is 3.84. The molecule has 1 aliphatic heterocycles. The van der Waals surface area contributed by atoms with E-state index in [1.54, 1.807) is 7.11 Å². The van der Waals surface area contributed by atoms with Crippen molar-refractivity contribution < 1.29 is 14.3 Å². The Morgan fingerprint density at radius 2 is 1.96 bits per heavy atom. The summed E-state index contributed by atoms with van der Waals surface area (Å²) < 4.78 is 10.8. The SMILES string of the molecule is COc1ccc2nccc(CCCC3CCN(C(=O)OC(C)(C)C)CC3)c2c1. The van der Waals surface area contributed by atoms with Crippen molar-refractivity contribution in [1.29, 1.82) is 0 Å². The van der Waals surface area contributed by atoms with Gasteiger partial charge in [-0.25, -0.2) is 4.79 Å². The molecule has 0 aliphatic carbocycles. The minimum Gasteiger partial charge on any atom is -0.497 e. The number of fused-ring (bicyclic) bond motifs is 1. The molecular weight excluding hydrogens is 352 g/mol. The summed E-state index contributed by atoms with van der Waals surface area (Å²) in [5, 5.41) is 1.18. The maximum Gasteiger partial charge on any atom is 0.410 e. The van der Waals surface area contributed by atoms with E-state index in [2.05, 4.69) is 17.1 Å². The van der Waals surface area contributed by atoms with Crippen LogP contribution in [0.4, 0.5) is 4.79 Å². The van der Waals surface area contributed by atoms with Crippen LogP contribution in [-0.4, -0.2) is 41.8 Å². The lowest BCUT2D eigenvalue weighted by atomic mass is 9.90. The summed E-state index contributed by atoms with van der Waals surface area (Å²) in [5.41, 5.74) is 1.92. The summed E-state index contributed by atoms with van der Waals surface area (Å²) in [6.45, 7) is 7.34. The molecule has 2 aromatic rings. The Bertz CT molecular complexity index is 805. The number of hydrogen-bond acceptors (Lipinski definition) is 4. The summed E-state index contributed by atoms with van der Waals surface area (Å²) in [6, 6.07) is 8.17. The molecule has 1 saturated heterocycles. The Hall–Kier alpha value is -2.30. The summed E-state index contributed by atoms with van der Waals surface area (Å²) >= 11 is 0. The average molecular weight is 385 g/mol. The van der Waals surface area contributed by atoms with Crippen LogP contribution >= 0.6 is 0 Å². The zero-order valence-corrected chi connectivity index (χ0v) is 17.5. The number of rotatable bonds is 5. The number of nitrogens with zero attached hydrogens (tertiary/aromatic N) is 2. The number of ether oxygens (including phenoxy) is 2. The van der Waals surface area contributed by atoms with Crippen LogP contribution in [0.3, 0.4) is 0 Å². The summed E-state index contributed by atoms with van der Waals surface area (Å²) in [4.78, 5) is 18.5. The highest BCUT2D eigenvalue weighted by molar-refractivity contribution is 5.83. The van der Waals surface area contributed by atoms with Gasteiger partial charge in [-0.2, -0.15) is 0 Å². The predicted octanol–water partition coefficient (Wildman–Crippen LogP) is 5.21. The molecule has 28 heavy (non-hydrogen) atoms. The zero-order valence-electron chi connectivity index (χ0n) is 17.5. The molecule has 0 spiro atoms. The minimum absolute atomic E-state index is 0.178. The van der Waals surface area contributed by atoms with Crippen molar-refractivity contribution in [2.24, 2.45) is 5.92 Å². The number of piperidine rings is 1. The van der Waals surface area contributed by atoms with Gasteiger partial charge in [-0.05, 0) is 88.6 Å². The van der Waals surface area contributed by atoms with Crippen molar-refractivity contribution in [3.8, 4) is 5.75 Å². The van der Waals surface area contributed by atoms with Gasteiger partial charge >= 0.3 is 6.09 Å². The van der Waals surface area contributed by atoms with Gasteiger partial charge in [-0.15, -0.1) is 0 Å². The first-order chi connectivity index (χ1) is 13.4. The summed E-state index contributed by atoms with van der Waals surface area (Å²) in [6.07, 6.45) is 7.21. The van der Waals surface area contributed by atoms with E-state index >= 15 is 0 Å². The van der Waals surface area contributed by atoms with E-state index in [9.17, 15) is 4.79 Å². The number of aryl methyl sites for hydroxylation is 1. The third kappa shape index (κ3) is 5.37. The molecule has 1 amide bonds. The molecule has 5 heteroatoms. The number of carbonyl (C=O) groups excluding carboxylic acids is 1. The quantitative estimate of drug-likeness (QED) is 0.710. The van der Waals surface area contributed by atoms with Crippen molar-refractivity contribution in [2.45, 2.75) is 58.5 Å². The molecule has 5 nitrogen and oxygen atoms in total. The molecule has 0 radical (unpaired) electrons.